The minimum atomic E-state index is -1.15. The Morgan fingerprint density at radius 1 is 0.971 bits per heavy atom. The standard InChI is InChI=1S/C26H32N2O7/c1-26(2,3)35-24(31)27-12-14-33-15-13-28(16-23(29)30)25(32)34-17-22-20-10-6-4-8-18(20)19-9-5-7-11-21(19)22/h4-11,22H,12-17H2,1-3H3,(H,27,31)(H,29,30). The molecule has 2 amide bonds. The molecule has 35 heavy (non-hydrogen) atoms. The van der Waals surface area contributed by atoms with Gasteiger partial charge in [0.05, 0.1) is 13.2 Å². The summed E-state index contributed by atoms with van der Waals surface area (Å²) in [7, 11) is 0. The van der Waals surface area contributed by atoms with Gasteiger partial charge < -0.3 is 24.6 Å². The molecule has 0 saturated carbocycles. The van der Waals surface area contributed by atoms with Crippen molar-refractivity contribution in [3.8, 4) is 11.1 Å². The zero-order valence-corrected chi connectivity index (χ0v) is 20.3. The van der Waals surface area contributed by atoms with Crippen LogP contribution >= 0.6 is 0 Å². The molecule has 3 rings (SSSR count). The Kier molecular flexibility index (Phi) is 8.70. The number of carbonyl (C=O) groups is 3. The highest BCUT2D eigenvalue weighted by atomic mass is 16.6. The molecule has 0 bridgehead atoms. The molecule has 0 spiro atoms. The van der Waals surface area contributed by atoms with Crippen LogP contribution in [0.2, 0.25) is 0 Å². The average molecular weight is 485 g/mol. The van der Waals surface area contributed by atoms with E-state index in [0.29, 0.717) is 0 Å². The van der Waals surface area contributed by atoms with Crippen molar-refractivity contribution >= 4 is 18.2 Å². The summed E-state index contributed by atoms with van der Waals surface area (Å²) >= 11 is 0. The lowest BCUT2D eigenvalue weighted by Crippen LogP contribution is -2.39. The van der Waals surface area contributed by atoms with Gasteiger partial charge in [-0.05, 0) is 43.0 Å². The number of carbonyl (C=O) groups excluding carboxylic acids is 2. The molecular weight excluding hydrogens is 452 g/mol. The molecule has 0 radical (unpaired) electrons. The van der Waals surface area contributed by atoms with Crippen LogP contribution in [0, 0.1) is 0 Å². The molecule has 9 heteroatoms. The lowest BCUT2D eigenvalue weighted by atomic mass is 9.98. The maximum Gasteiger partial charge on any atom is 0.410 e. The number of nitrogens with one attached hydrogen (secondary N) is 1. The van der Waals surface area contributed by atoms with E-state index in [4.69, 9.17) is 14.2 Å². The molecule has 0 aromatic heterocycles. The van der Waals surface area contributed by atoms with Crippen molar-refractivity contribution in [1.29, 1.82) is 0 Å². The maximum absolute atomic E-state index is 12.7. The Morgan fingerprint density at radius 3 is 2.14 bits per heavy atom. The van der Waals surface area contributed by atoms with Gasteiger partial charge in [-0.1, -0.05) is 48.5 Å². The third kappa shape index (κ3) is 7.45. The zero-order valence-electron chi connectivity index (χ0n) is 20.3. The molecule has 0 fully saturated rings. The Hall–Kier alpha value is -3.59. The number of amides is 2. The molecule has 0 aliphatic heterocycles. The molecule has 0 atom stereocenters. The third-order valence-electron chi connectivity index (χ3n) is 5.34. The van der Waals surface area contributed by atoms with Crippen LogP contribution < -0.4 is 5.32 Å². The number of fused-ring (bicyclic) bond motifs is 3. The topological polar surface area (TPSA) is 114 Å². The van der Waals surface area contributed by atoms with Gasteiger partial charge in [0.1, 0.15) is 18.8 Å². The van der Waals surface area contributed by atoms with Crippen molar-refractivity contribution in [2.24, 2.45) is 0 Å². The minimum absolute atomic E-state index is 0.0371. The van der Waals surface area contributed by atoms with E-state index in [1.807, 2.05) is 48.5 Å². The largest absolute Gasteiger partial charge is 0.480 e. The first-order valence-corrected chi connectivity index (χ1v) is 11.5. The summed E-state index contributed by atoms with van der Waals surface area (Å²) in [5.41, 5.74) is 3.78. The predicted molar refractivity (Wildman–Crippen MR) is 129 cm³/mol. The summed E-state index contributed by atoms with van der Waals surface area (Å²) in [4.78, 5) is 36.7. The number of hydrogen-bond donors (Lipinski definition) is 2. The van der Waals surface area contributed by atoms with Crippen molar-refractivity contribution in [2.75, 3.05) is 39.5 Å². The van der Waals surface area contributed by atoms with Gasteiger partial charge in [0.15, 0.2) is 0 Å². The molecule has 2 N–H and O–H groups in total. The van der Waals surface area contributed by atoms with Gasteiger partial charge in [-0.2, -0.15) is 0 Å². The third-order valence-corrected chi connectivity index (χ3v) is 5.34. The first-order valence-electron chi connectivity index (χ1n) is 11.5. The van der Waals surface area contributed by atoms with Crippen LogP contribution in [0.15, 0.2) is 48.5 Å². The Balaban J connectivity index is 1.49. The van der Waals surface area contributed by atoms with Crippen molar-refractivity contribution in [3.05, 3.63) is 59.7 Å². The summed E-state index contributed by atoms with van der Waals surface area (Å²) in [5.74, 6) is -1.27. The van der Waals surface area contributed by atoms with Gasteiger partial charge in [0.25, 0.3) is 0 Å². The fourth-order valence-electron chi connectivity index (χ4n) is 3.90. The van der Waals surface area contributed by atoms with Crippen LogP contribution in [0.25, 0.3) is 11.1 Å². The van der Waals surface area contributed by atoms with E-state index in [1.165, 1.54) is 0 Å². The van der Waals surface area contributed by atoms with Crippen LogP contribution in [-0.2, 0) is 19.0 Å². The zero-order chi connectivity index (χ0) is 25.4. The first kappa shape index (κ1) is 26.0. The number of carboxylic acid groups (broad SMARTS) is 1. The smallest absolute Gasteiger partial charge is 0.410 e. The fraction of sp³-hybridized carbons (Fsp3) is 0.423. The highest BCUT2D eigenvalue weighted by Crippen LogP contribution is 2.44. The quantitative estimate of drug-likeness (QED) is 0.492. The van der Waals surface area contributed by atoms with Gasteiger partial charge in [0, 0.05) is 19.0 Å². The second-order valence-corrected chi connectivity index (χ2v) is 9.16. The van der Waals surface area contributed by atoms with Gasteiger partial charge in [-0.15, -0.1) is 0 Å². The lowest BCUT2D eigenvalue weighted by Gasteiger charge is -2.22. The predicted octanol–water partition coefficient (Wildman–Crippen LogP) is 3.86. The first-order chi connectivity index (χ1) is 16.7. The van der Waals surface area contributed by atoms with E-state index in [0.717, 1.165) is 27.2 Å². The highest BCUT2D eigenvalue weighted by molar-refractivity contribution is 5.79. The molecule has 1 aliphatic carbocycles. The van der Waals surface area contributed by atoms with Gasteiger partial charge in [-0.3, -0.25) is 9.69 Å². The van der Waals surface area contributed by atoms with Crippen LogP contribution in [0.4, 0.5) is 9.59 Å². The Labute approximate surface area is 205 Å². The Bertz CT molecular complexity index is 1000. The summed E-state index contributed by atoms with van der Waals surface area (Å²) in [5, 5.41) is 11.8. The number of alkyl carbamates (subject to hydrolysis) is 1. The number of hydrogen-bond acceptors (Lipinski definition) is 6. The van der Waals surface area contributed by atoms with Crippen LogP contribution in [0.1, 0.15) is 37.8 Å². The van der Waals surface area contributed by atoms with Crippen LogP contribution in [0.5, 0.6) is 0 Å². The molecule has 2 aromatic carbocycles. The summed E-state index contributed by atoms with van der Waals surface area (Å²) < 4.78 is 16.1. The Morgan fingerprint density at radius 2 is 1.57 bits per heavy atom. The van der Waals surface area contributed by atoms with Crippen molar-refractivity contribution in [1.82, 2.24) is 10.2 Å². The van der Waals surface area contributed by atoms with Crippen molar-refractivity contribution < 1.29 is 33.7 Å². The van der Waals surface area contributed by atoms with Gasteiger partial charge >= 0.3 is 18.2 Å². The van der Waals surface area contributed by atoms with Crippen molar-refractivity contribution in [3.63, 3.8) is 0 Å². The molecular formula is C26H32N2O7. The highest BCUT2D eigenvalue weighted by Gasteiger charge is 2.30. The normalized spacial score (nSPS) is 12.4. The molecule has 188 valence electrons. The average Bonchev–Trinajstić information content (AvgIpc) is 3.11. The summed E-state index contributed by atoms with van der Waals surface area (Å²) in [6, 6.07) is 16.0. The van der Waals surface area contributed by atoms with E-state index in [-0.39, 0.29) is 38.8 Å². The van der Waals surface area contributed by atoms with Gasteiger partial charge in [0.2, 0.25) is 0 Å². The minimum Gasteiger partial charge on any atom is -0.480 e. The fourth-order valence-corrected chi connectivity index (χ4v) is 3.90. The van der Waals surface area contributed by atoms with E-state index in [2.05, 4.69) is 5.32 Å². The molecule has 0 unspecified atom stereocenters. The van der Waals surface area contributed by atoms with E-state index in [9.17, 15) is 19.5 Å². The van der Waals surface area contributed by atoms with E-state index < -0.39 is 30.3 Å². The maximum atomic E-state index is 12.7. The second-order valence-electron chi connectivity index (χ2n) is 9.16. The molecule has 1 aliphatic rings. The molecule has 0 saturated heterocycles. The number of ether oxygens (including phenoxy) is 3. The number of nitrogens with zero attached hydrogens (tertiary/aromatic N) is 1. The lowest BCUT2D eigenvalue weighted by molar-refractivity contribution is -0.138. The number of aliphatic carboxylic acids is 1. The van der Waals surface area contributed by atoms with Crippen LogP contribution in [0.3, 0.4) is 0 Å². The summed E-state index contributed by atoms with van der Waals surface area (Å²) in [6.45, 7) is 5.43. The molecule has 9 nitrogen and oxygen atoms in total. The molecule has 0 heterocycles. The van der Waals surface area contributed by atoms with Crippen LogP contribution in [-0.4, -0.2) is 73.2 Å². The van der Waals surface area contributed by atoms with E-state index >= 15 is 0 Å². The van der Waals surface area contributed by atoms with E-state index in [1.54, 1.807) is 20.8 Å². The number of benzene rings is 2. The second kappa shape index (κ2) is 11.7. The molecule has 2 aromatic rings. The summed E-state index contributed by atoms with van der Waals surface area (Å²) in [6.07, 6.45) is -1.27. The van der Waals surface area contributed by atoms with Crippen molar-refractivity contribution in [2.45, 2.75) is 32.3 Å². The monoisotopic (exact) mass is 484 g/mol. The van der Waals surface area contributed by atoms with Gasteiger partial charge in [-0.25, -0.2) is 9.59 Å². The number of rotatable bonds is 10. The number of carboxylic acids is 1. The SMILES string of the molecule is CC(C)(C)OC(=O)NCCOCCN(CC(=O)O)C(=O)OCC1c2ccccc2-c2ccccc21.